The molecule has 4 heteroatoms. The normalized spacial score (nSPS) is 15.2. The van der Waals surface area contributed by atoms with Crippen molar-refractivity contribution in [2.45, 2.75) is 6.92 Å². The van der Waals surface area contributed by atoms with Crippen LogP contribution < -0.4 is 9.80 Å². The third-order valence-electron chi connectivity index (χ3n) is 1.93. The van der Waals surface area contributed by atoms with Crippen molar-refractivity contribution in [1.29, 1.82) is 0 Å². The SMILES string of the molecule is Cc1ccc2c(c1)OCC(=O)N2O. The lowest BCUT2D eigenvalue weighted by atomic mass is 10.2. The first-order chi connectivity index (χ1) is 6.18. The van der Waals surface area contributed by atoms with Gasteiger partial charge in [-0.25, -0.2) is 0 Å². The molecule has 1 aliphatic rings. The molecule has 1 aromatic rings. The van der Waals surface area contributed by atoms with Gasteiger partial charge < -0.3 is 4.74 Å². The maximum atomic E-state index is 11.0. The minimum atomic E-state index is -0.448. The van der Waals surface area contributed by atoms with Crippen LogP contribution in [0.2, 0.25) is 0 Å². The smallest absolute Gasteiger partial charge is 0.288 e. The van der Waals surface area contributed by atoms with Crippen LogP contribution in [0.25, 0.3) is 0 Å². The van der Waals surface area contributed by atoms with E-state index in [1.54, 1.807) is 12.1 Å². The second-order valence-electron chi connectivity index (χ2n) is 2.97. The van der Waals surface area contributed by atoms with Gasteiger partial charge in [-0.1, -0.05) is 6.07 Å². The summed E-state index contributed by atoms with van der Waals surface area (Å²) in [4.78, 5) is 11.0. The fourth-order valence-corrected chi connectivity index (χ4v) is 1.25. The van der Waals surface area contributed by atoms with Crippen LogP contribution in [0.5, 0.6) is 5.75 Å². The number of hydrogen-bond acceptors (Lipinski definition) is 3. The Morgan fingerprint density at radius 3 is 3.08 bits per heavy atom. The van der Waals surface area contributed by atoms with E-state index in [1.807, 2.05) is 13.0 Å². The number of carbonyl (C=O) groups is 1. The highest BCUT2D eigenvalue weighted by Gasteiger charge is 2.23. The molecule has 0 fully saturated rings. The lowest BCUT2D eigenvalue weighted by molar-refractivity contribution is -0.126. The number of nitrogens with zero attached hydrogens (tertiary/aromatic N) is 1. The predicted octanol–water partition coefficient (Wildman–Crippen LogP) is 1.11. The molecular formula is C9H9NO3. The number of anilines is 1. The third-order valence-corrected chi connectivity index (χ3v) is 1.93. The van der Waals surface area contributed by atoms with Gasteiger partial charge in [-0.2, -0.15) is 5.06 Å². The van der Waals surface area contributed by atoms with E-state index in [9.17, 15) is 10.0 Å². The van der Waals surface area contributed by atoms with Gasteiger partial charge in [-0.3, -0.25) is 10.0 Å². The number of ether oxygens (including phenoxy) is 1. The highest BCUT2D eigenvalue weighted by atomic mass is 16.5. The van der Waals surface area contributed by atoms with Gasteiger partial charge in [-0.05, 0) is 24.6 Å². The van der Waals surface area contributed by atoms with Crippen LogP contribution in [-0.2, 0) is 4.79 Å². The summed E-state index contributed by atoms with van der Waals surface area (Å²) in [5.74, 6) is 0.0958. The Balaban J connectivity index is 2.49. The van der Waals surface area contributed by atoms with Crippen LogP contribution in [0.4, 0.5) is 5.69 Å². The van der Waals surface area contributed by atoms with E-state index in [-0.39, 0.29) is 6.61 Å². The summed E-state index contributed by atoms with van der Waals surface area (Å²) in [6.07, 6.45) is 0. The zero-order valence-corrected chi connectivity index (χ0v) is 7.15. The lowest BCUT2D eigenvalue weighted by Crippen LogP contribution is -2.35. The molecule has 1 aliphatic heterocycles. The van der Waals surface area contributed by atoms with Gasteiger partial charge in [0.1, 0.15) is 11.4 Å². The van der Waals surface area contributed by atoms with Gasteiger partial charge in [0.15, 0.2) is 6.61 Å². The predicted molar refractivity (Wildman–Crippen MR) is 45.9 cm³/mol. The maximum absolute atomic E-state index is 11.0. The van der Waals surface area contributed by atoms with E-state index >= 15 is 0 Å². The molecule has 0 saturated carbocycles. The Kier molecular flexibility index (Phi) is 1.70. The van der Waals surface area contributed by atoms with Crippen molar-refractivity contribution >= 4 is 11.6 Å². The number of aryl methyl sites for hydroxylation is 1. The fraction of sp³-hybridized carbons (Fsp3) is 0.222. The van der Waals surface area contributed by atoms with Crippen LogP contribution >= 0.6 is 0 Å². The van der Waals surface area contributed by atoms with Gasteiger partial charge in [-0.15, -0.1) is 0 Å². The molecule has 1 heterocycles. The molecule has 0 saturated heterocycles. The minimum absolute atomic E-state index is 0.104. The van der Waals surface area contributed by atoms with E-state index in [1.165, 1.54) is 0 Å². The molecule has 0 radical (unpaired) electrons. The molecule has 68 valence electrons. The first-order valence-electron chi connectivity index (χ1n) is 3.94. The Labute approximate surface area is 75.3 Å². The van der Waals surface area contributed by atoms with Gasteiger partial charge in [0.25, 0.3) is 5.91 Å². The minimum Gasteiger partial charge on any atom is -0.481 e. The molecule has 2 rings (SSSR count). The molecule has 4 nitrogen and oxygen atoms in total. The van der Waals surface area contributed by atoms with Crippen LogP contribution in [0.3, 0.4) is 0 Å². The summed E-state index contributed by atoms with van der Waals surface area (Å²) in [6.45, 7) is 1.81. The van der Waals surface area contributed by atoms with Crippen LogP contribution in [0.15, 0.2) is 18.2 Å². The van der Waals surface area contributed by atoms with Crippen molar-refractivity contribution in [1.82, 2.24) is 0 Å². The number of carbonyl (C=O) groups excluding carboxylic acids is 1. The van der Waals surface area contributed by atoms with E-state index < -0.39 is 5.91 Å². The van der Waals surface area contributed by atoms with Crippen LogP contribution in [0.1, 0.15) is 5.56 Å². The monoisotopic (exact) mass is 179 g/mol. The van der Waals surface area contributed by atoms with Crippen molar-refractivity contribution < 1.29 is 14.7 Å². The van der Waals surface area contributed by atoms with Crippen molar-refractivity contribution in [2.24, 2.45) is 0 Å². The van der Waals surface area contributed by atoms with Crippen molar-refractivity contribution in [3.05, 3.63) is 23.8 Å². The number of rotatable bonds is 0. The molecule has 0 atom stereocenters. The molecule has 0 spiro atoms. The second kappa shape index (κ2) is 2.74. The number of benzene rings is 1. The van der Waals surface area contributed by atoms with Crippen LogP contribution in [-0.4, -0.2) is 17.7 Å². The molecule has 1 aromatic carbocycles. The fourth-order valence-electron chi connectivity index (χ4n) is 1.25. The zero-order chi connectivity index (χ0) is 9.42. The van der Waals surface area contributed by atoms with E-state index in [2.05, 4.69) is 0 Å². The molecule has 0 aliphatic carbocycles. The van der Waals surface area contributed by atoms with Gasteiger partial charge in [0, 0.05) is 0 Å². The quantitative estimate of drug-likeness (QED) is 0.607. The number of fused-ring (bicyclic) bond motifs is 1. The average molecular weight is 179 g/mol. The molecule has 0 aromatic heterocycles. The number of amides is 1. The van der Waals surface area contributed by atoms with Crippen molar-refractivity contribution in [3.63, 3.8) is 0 Å². The summed E-state index contributed by atoms with van der Waals surface area (Å²) < 4.78 is 5.14. The first-order valence-corrected chi connectivity index (χ1v) is 3.94. The Morgan fingerprint density at radius 1 is 1.54 bits per heavy atom. The van der Waals surface area contributed by atoms with E-state index in [0.29, 0.717) is 16.5 Å². The standard InChI is InChI=1S/C9H9NO3/c1-6-2-3-7-8(4-6)13-5-9(11)10(7)12/h2-4,12H,5H2,1H3. The molecule has 13 heavy (non-hydrogen) atoms. The van der Waals surface area contributed by atoms with Crippen molar-refractivity contribution in [2.75, 3.05) is 11.7 Å². The molecular weight excluding hydrogens is 170 g/mol. The topological polar surface area (TPSA) is 49.8 Å². The Bertz CT molecular complexity index is 362. The van der Waals surface area contributed by atoms with Gasteiger partial charge in [0.2, 0.25) is 0 Å². The van der Waals surface area contributed by atoms with E-state index in [4.69, 9.17) is 4.74 Å². The summed E-state index contributed by atoms with van der Waals surface area (Å²) in [5, 5.41) is 9.95. The highest BCUT2D eigenvalue weighted by Crippen LogP contribution is 2.31. The average Bonchev–Trinajstić information content (AvgIpc) is 2.12. The summed E-state index contributed by atoms with van der Waals surface area (Å²) in [7, 11) is 0. The zero-order valence-electron chi connectivity index (χ0n) is 7.15. The van der Waals surface area contributed by atoms with Gasteiger partial charge >= 0.3 is 0 Å². The third kappa shape index (κ3) is 1.25. The van der Waals surface area contributed by atoms with Gasteiger partial charge in [0.05, 0.1) is 0 Å². The summed E-state index contributed by atoms with van der Waals surface area (Å²) in [6, 6.07) is 5.25. The number of hydroxylamine groups is 1. The van der Waals surface area contributed by atoms with Crippen LogP contribution in [0, 0.1) is 6.92 Å². The lowest BCUT2D eigenvalue weighted by Gasteiger charge is -2.23. The van der Waals surface area contributed by atoms with E-state index in [0.717, 1.165) is 5.56 Å². The summed E-state index contributed by atoms with van der Waals surface area (Å²) in [5.41, 5.74) is 1.43. The first kappa shape index (κ1) is 8.07. The Hall–Kier alpha value is -1.55. The van der Waals surface area contributed by atoms with Crippen molar-refractivity contribution in [3.8, 4) is 5.75 Å². The molecule has 0 bridgehead atoms. The second-order valence-corrected chi connectivity index (χ2v) is 2.97. The largest absolute Gasteiger partial charge is 0.481 e. The molecule has 1 amide bonds. The Morgan fingerprint density at radius 2 is 2.31 bits per heavy atom. The number of hydrogen-bond donors (Lipinski definition) is 1. The molecule has 1 N–H and O–H groups in total. The molecule has 0 unspecified atom stereocenters. The highest BCUT2D eigenvalue weighted by molar-refractivity contribution is 5.95. The maximum Gasteiger partial charge on any atom is 0.288 e. The summed E-state index contributed by atoms with van der Waals surface area (Å²) >= 11 is 0.